The Labute approximate surface area is 119 Å². The predicted molar refractivity (Wildman–Crippen MR) is 77.4 cm³/mol. The molecule has 0 bridgehead atoms. The van der Waals surface area contributed by atoms with Gasteiger partial charge >= 0.3 is 11.6 Å². The van der Waals surface area contributed by atoms with Crippen LogP contribution in [0.5, 0.6) is 5.75 Å². The first-order valence-electron chi connectivity index (χ1n) is 6.36. The van der Waals surface area contributed by atoms with Crippen molar-refractivity contribution < 1.29 is 9.13 Å². The molecule has 2 aromatic carbocycles. The molecule has 2 aliphatic rings. The molecule has 102 valence electrons. The summed E-state index contributed by atoms with van der Waals surface area (Å²) in [4.78, 5) is 4.31. The molecule has 0 aromatic heterocycles. The van der Waals surface area contributed by atoms with Crippen LogP contribution < -0.4 is 15.3 Å². The molecule has 0 fully saturated rings. The van der Waals surface area contributed by atoms with E-state index in [4.69, 9.17) is 9.27 Å². The Morgan fingerprint density at radius 2 is 2.05 bits per heavy atom. The minimum atomic E-state index is -0.321. The van der Waals surface area contributed by atoms with E-state index in [0.29, 0.717) is 22.9 Å². The highest BCUT2D eigenvalue weighted by atomic mass is 19.1. The highest BCUT2D eigenvalue weighted by Crippen LogP contribution is 2.34. The van der Waals surface area contributed by atoms with Crippen molar-refractivity contribution in [3.63, 3.8) is 0 Å². The van der Waals surface area contributed by atoms with Crippen molar-refractivity contribution in [3.8, 4) is 16.9 Å². The van der Waals surface area contributed by atoms with Gasteiger partial charge in [0.05, 0.1) is 12.5 Å². The molecule has 21 heavy (non-hydrogen) atoms. The van der Waals surface area contributed by atoms with Gasteiger partial charge < -0.3 is 4.74 Å². The van der Waals surface area contributed by atoms with Crippen LogP contribution in [0.3, 0.4) is 0 Å². The maximum absolute atomic E-state index is 13.6. The molecule has 0 saturated heterocycles. The Kier molecular flexibility index (Phi) is 2.33. The molecule has 0 amide bonds. The van der Waals surface area contributed by atoms with Crippen molar-refractivity contribution in [1.82, 2.24) is 0 Å². The molecule has 0 atom stereocenters. The van der Waals surface area contributed by atoms with Gasteiger partial charge in [-0.15, -0.1) is 0 Å². The Bertz CT molecular complexity index is 961. The van der Waals surface area contributed by atoms with Crippen molar-refractivity contribution in [1.29, 1.82) is 0 Å². The van der Waals surface area contributed by atoms with Gasteiger partial charge in [-0.2, -0.15) is 4.99 Å². The van der Waals surface area contributed by atoms with Crippen LogP contribution in [0.2, 0.25) is 0 Å². The minimum absolute atomic E-state index is 0.321. The molecule has 0 spiro atoms. The Morgan fingerprint density at radius 3 is 2.76 bits per heavy atom. The van der Waals surface area contributed by atoms with Gasteiger partial charge in [0.25, 0.3) is 0 Å². The third-order valence-corrected chi connectivity index (χ3v) is 3.56. The van der Waals surface area contributed by atoms with E-state index in [1.807, 2.05) is 12.1 Å². The zero-order valence-electron chi connectivity index (χ0n) is 11.2. The smallest absolute Gasteiger partial charge is 0.496 e. The van der Waals surface area contributed by atoms with Crippen LogP contribution in [0.15, 0.2) is 46.4 Å². The second kappa shape index (κ2) is 4.09. The SMILES string of the molecule is C=c1cc(-c2cc(F)ccc2OC)cc2c1=NC1=C2N=[O+]1. The van der Waals surface area contributed by atoms with Gasteiger partial charge in [0.15, 0.2) is 5.18 Å². The maximum Gasteiger partial charge on any atom is 0.533 e. The lowest BCUT2D eigenvalue weighted by atomic mass is 9.99. The highest BCUT2D eigenvalue weighted by molar-refractivity contribution is 5.81. The molecule has 0 N–H and O–H groups in total. The van der Waals surface area contributed by atoms with Crippen LogP contribution in [0.4, 0.5) is 4.39 Å². The van der Waals surface area contributed by atoms with Crippen LogP contribution in [0.1, 0.15) is 5.56 Å². The topological polar surface area (TPSA) is 45.2 Å². The molecule has 5 heteroatoms. The summed E-state index contributed by atoms with van der Waals surface area (Å²) in [6, 6.07) is 8.17. The van der Waals surface area contributed by atoms with Gasteiger partial charge in [0.1, 0.15) is 11.6 Å². The molecule has 2 aliphatic heterocycles. The maximum atomic E-state index is 13.6. The summed E-state index contributed by atoms with van der Waals surface area (Å²) in [7, 11) is 1.56. The fraction of sp³-hybridized carbons (Fsp3) is 0.0625. The fourth-order valence-corrected chi connectivity index (χ4v) is 2.54. The van der Waals surface area contributed by atoms with Crippen LogP contribution in [0, 0.1) is 10.4 Å². The predicted octanol–water partition coefficient (Wildman–Crippen LogP) is 2.49. The largest absolute Gasteiger partial charge is 0.533 e. The number of methoxy groups -OCH3 is 1. The van der Waals surface area contributed by atoms with Gasteiger partial charge in [0.2, 0.25) is 0 Å². The summed E-state index contributed by atoms with van der Waals surface area (Å²) >= 11 is 0. The van der Waals surface area contributed by atoms with Gasteiger partial charge in [0, 0.05) is 11.1 Å². The van der Waals surface area contributed by atoms with Crippen LogP contribution in [-0.2, 0) is 0 Å². The first-order valence-corrected chi connectivity index (χ1v) is 6.36. The standard InChI is InChI=1S/C16H10FN2O2/c1-8-5-9(11-7-10(17)3-4-13(11)20-2)6-12-14(8)18-16-15(12)19-21-16/h3-7H,1H2,2H3/q+1. The fourth-order valence-electron chi connectivity index (χ4n) is 2.54. The number of hydrogen-bond acceptors (Lipinski definition) is 3. The molecule has 4 rings (SSSR count). The molecular weight excluding hydrogens is 271 g/mol. The number of nitrogens with zero attached hydrogens (tertiary/aromatic N) is 2. The van der Waals surface area contributed by atoms with E-state index in [2.05, 4.69) is 16.7 Å². The molecule has 0 unspecified atom stereocenters. The number of hydrogen-bond donors (Lipinski definition) is 0. The minimum Gasteiger partial charge on any atom is -0.496 e. The van der Waals surface area contributed by atoms with Crippen molar-refractivity contribution in [3.05, 3.63) is 62.7 Å². The van der Waals surface area contributed by atoms with E-state index >= 15 is 0 Å². The van der Waals surface area contributed by atoms with Crippen LogP contribution >= 0.6 is 0 Å². The zero-order chi connectivity index (χ0) is 14.6. The highest BCUT2D eigenvalue weighted by Gasteiger charge is 2.39. The third-order valence-electron chi connectivity index (χ3n) is 3.56. The van der Waals surface area contributed by atoms with E-state index in [1.54, 1.807) is 13.2 Å². The van der Waals surface area contributed by atoms with Crippen LogP contribution in [0.25, 0.3) is 23.4 Å². The van der Waals surface area contributed by atoms with E-state index in [0.717, 1.165) is 21.7 Å². The first kappa shape index (κ1) is 12.0. The zero-order valence-corrected chi connectivity index (χ0v) is 11.2. The average molecular weight is 281 g/mol. The molecule has 0 saturated carbocycles. The lowest BCUT2D eigenvalue weighted by Crippen LogP contribution is -2.25. The lowest BCUT2D eigenvalue weighted by Gasteiger charge is -2.09. The number of halogens is 1. The van der Waals surface area contributed by atoms with Crippen molar-refractivity contribution in [2.24, 2.45) is 10.2 Å². The number of fused-ring (bicyclic) bond motifs is 2. The van der Waals surface area contributed by atoms with E-state index in [-0.39, 0.29) is 5.82 Å². The number of ether oxygens (including phenoxy) is 1. The normalized spacial score (nSPS) is 14.4. The monoisotopic (exact) mass is 281 g/mol. The summed E-state index contributed by atoms with van der Waals surface area (Å²) in [6.45, 7) is 4.00. The van der Waals surface area contributed by atoms with Crippen molar-refractivity contribution >= 4 is 12.3 Å². The number of rotatable bonds is 2. The summed E-state index contributed by atoms with van der Waals surface area (Å²) in [5, 5.41) is 5.35. The number of nitroso groups, excluding NO2 is 1. The van der Waals surface area contributed by atoms with Crippen molar-refractivity contribution in [2.45, 2.75) is 0 Å². The molecule has 4 nitrogen and oxygen atoms in total. The van der Waals surface area contributed by atoms with E-state index in [9.17, 15) is 4.39 Å². The van der Waals surface area contributed by atoms with Gasteiger partial charge in [-0.05, 0) is 45.7 Å². The number of benzene rings is 2. The van der Waals surface area contributed by atoms with E-state index < -0.39 is 0 Å². The van der Waals surface area contributed by atoms with Crippen LogP contribution in [-0.4, -0.2) is 7.11 Å². The van der Waals surface area contributed by atoms with Gasteiger partial charge in [-0.1, -0.05) is 6.58 Å². The Morgan fingerprint density at radius 1 is 1.19 bits per heavy atom. The second-order valence-corrected chi connectivity index (χ2v) is 4.82. The molecule has 0 radical (unpaired) electrons. The summed E-state index contributed by atoms with van der Waals surface area (Å²) in [5.74, 6) is 0.790. The Hall–Kier alpha value is -2.82. The molecular formula is C16H10FN2O2+. The summed E-state index contributed by atoms with van der Waals surface area (Å²) < 4.78 is 23.8. The first-order chi connectivity index (χ1) is 10.2. The Balaban J connectivity index is 1.97. The van der Waals surface area contributed by atoms with Crippen molar-refractivity contribution in [2.75, 3.05) is 7.11 Å². The molecule has 2 aromatic rings. The lowest BCUT2D eigenvalue weighted by molar-refractivity contribution is 0.415. The summed E-state index contributed by atoms with van der Waals surface area (Å²) in [5.41, 5.74) is 3.04. The average Bonchev–Trinajstić information content (AvgIpc) is 2.69. The van der Waals surface area contributed by atoms with Gasteiger partial charge in [-0.25, -0.2) is 4.39 Å². The quantitative estimate of drug-likeness (QED) is 0.780. The van der Waals surface area contributed by atoms with Gasteiger partial charge in [-0.3, -0.25) is 0 Å². The third kappa shape index (κ3) is 1.64. The summed E-state index contributed by atoms with van der Waals surface area (Å²) in [6.07, 6.45) is 0. The second-order valence-electron chi connectivity index (χ2n) is 4.82. The molecule has 0 aliphatic carbocycles. The molecule has 2 heterocycles. The van der Waals surface area contributed by atoms with E-state index in [1.165, 1.54) is 12.1 Å².